The fourth-order valence-corrected chi connectivity index (χ4v) is 2.16. The van der Waals surface area contributed by atoms with Crippen molar-refractivity contribution in [1.29, 1.82) is 0 Å². The summed E-state index contributed by atoms with van der Waals surface area (Å²) >= 11 is 1.89. The van der Waals surface area contributed by atoms with E-state index in [1.54, 1.807) is 0 Å². The van der Waals surface area contributed by atoms with Crippen LogP contribution in [0.4, 0.5) is 0 Å². The Balaban J connectivity index is 2.68. The Labute approximate surface area is 96.6 Å². The van der Waals surface area contributed by atoms with Crippen molar-refractivity contribution in [3.05, 3.63) is 17.0 Å². The van der Waals surface area contributed by atoms with Crippen LogP contribution in [0.5, 0.6) is 0 Å². The van der Waals surface area contributed by atoms with Crippen LogP contribution in [0.1, 0.15) is 23.4 Å². The normalized spacial score (nSPS) is 10.9. The van der Waals surface area contributed by atoms with Crippen molar-refractivity contribution in [2.24, 2.45) is 0 Å². The average molecular weight is 227 g/mol. The molecule has 0 amide bonds. The molecule has 0 bridgehead atoms. The van der Waals surface area contributed by atoms with Gasteiger partial charge >= 0.3 is 0 Å². The van der Waals surface area contributed by atoms with Crippen molar-refractivity contribution in [1.82, 2.24) is 15.1 Å². The summed E-state index contributed by atoms with van der Waals surface area (Å²) in [6, 6.07) is 0. The summed E-state index contributed by atoms with van der Waals surface area (Å²) in [5.74, 6) is 1.21. The van der Waals surface area contributed by atoms with Crippen molar-refractivity contribution >= 4 is 11.8 Å². The number of nitrogens with zero attached hydrogens (tertiary/aromatic N) is 2. The smallest absolute Gasteiger partial charge is 0.0641 e. The Morgan fingerprint density at radius 3 is 2.73 bits per heavy atom. The molecule has 0 fully saturated rings. The molecule has 0 aromatic carbocycles. The SMILES string of the molecule is CNCc1c(C)nn(CCCSC)c1C. The monoisotopic (exact) mass is 227 g/mol. The maximum atomic E-state index is 4.57. The first-order chi connectivity index (χ1) is 7.20. The van der Waals surface area contributed by atoms with Gasteiger partial charge in [-0.25, -0.2) is 0 Å². The van der Waals surface area contributed by atoms with Crippen LogP contribution in [0.2, 0.25) is 0 Å². The molecule has 0 saturated heterocycles. The molecule has 0 aliphatic carbocycles. The number of rotatable bonds is 6. The second-order valence-corrected chi connectivity index (χ2v) is 4.73. The molecule has 0 saturated carbocycles. The van der Waals surface area contributed by atoms with Crippen molar-refractivity contribution in [3.63, 3.8) is 0 Å². The Morgan fingerprint density at radius 1 is 1.40 bits per heavy atom. The van der Waals surface area contributed by atoms with Crippen LogP contribution in [-0.2, 0) is 13.1 Å². The Bertz CT molecular complexity index is 307. The minimum absolute atomic E-state index is 0.917. The highest BCUT2D eigenvalue weighted by molar-refractivity contribution is 7.98. The van der Waals surface area contributed by atoms with Crippen LogP contribution < -0.4 is 5.32 Å². The van der Waals surface area contributed by atoms with E-state index in [1.165, 1.54) is 23.4 Å². The van der Waals surface area contributed by atoms with Gasteiger partial charge in [-0.15, -0.1) is 0 Å². The van der Waals surface area contributed by atoms with Gasteiger partial charge in [-0.3, -0.25) is 4.68 Å². The van der Waals surface area contributed by atoms with Crippen LogP contribution in [0.15, 0.2) is 0 Å². The molecule has 1 N–H and O–H groups in total. The van der Waals surface area contributed by atoms with Crippen molar-refractivity contribution in [3.8, 4) is 0 Å². The molecule has 0 radical (unpaired) electrons. The molecule has 3 nitrogen and oxygen atoms in total. The van der Waals surface area contributed by atoms with Crippen LogP contribution in [-0.4, -0.2) is 28.8 Å². The van der Waals surface area contributed by atoms with Gasteiger partial charge < -0.3 is 5.32 Å². The van der Waals surface area contributed by atoms with E-state index in [2.05, 4.69) is 35.2 Å². The molecule has 1 aromatic heterocycles. The first kappa shape index (κ1) is 12.6. The Hall–Kier alpha value is -0.480. The Morgan fingerprint density at radius 2 is 2.13 bits per heavy atom. The third-order valence-corrected chi connectivity index (χ3v) is 3.30. The van der Waals surface area contributed by atoms with E-state index in [0.717, 1.165) is 18.8 Å². The predicted molar refractivity (Wildman–Crippen MR) is 67.5 cm³/mol. The number of hydrogen-bond donors (Lipinski definition) is 1. The lowest BCUT2D eigenvalue weighted by Gasteiger charge is -2.04. The summed E-state index contributed by atoms with van der Waals surface area (Å²) in [5, 5.41) is 7.76. The summed E-state index contributed by atoms with van der Waals surface area (Å²) in [4.78, 5) is 0. The van der Waals surface area contributed by atoms with E-state index in [0.29, 0.717) is 0 Å². The highest BCUT2D eigenvalue weighted by Crippen LogP contribution is 2.13. The molecule has 0 spiro atoms. The summed E-state index contributed by atoms with van der Waals surface area (Å²) < 4.78 is 2.14. The molecule has 86 valence electrons. The van der Waals surface area contributed by atoms with E-state index < -0.39 is 0 Å². The first-order valence-electron chi connectivity index (χ1n) is 5.37. The maximum absolute atomic E-state index is 4.57. The quantitative estimate of drug-likeness (QED) is 0.754. The van der Waals surface area contributed by atoms with Crippen molar-refractivity contribution in [2.45, 2.75) is 33.4 Å². The predicted octanol–water partition coefficient (Wildman–Crippen LogP) is 1.97. The minimum atomic E-state index is 0.917. The van der Waals surface area contributed by atoms with Crippen LogP contribution in [0.25, 0.3) is 0 Å². The van der Waals surface area contributed by atoms with Gasteiger partial charge in [-0.05, 0) is 39.3 Å². The first-order valence-corrected chi connectivity index (χ1v) is 6.76. The average Bonchev–Trinajstić information content (AvgIpc) is 2.47. The van der Waals surface area contributed by atoms with Crippen molar-refractivity contribution < 1.29 is 0 Å². The molecular weight excluding hydrogens is 206 g/mol. The summed E-state index contributed by atoms with van der Waals surface area (Å²) in [7, 11) is 1.98. The van der Waals surface area contributed by atoms with Crippen LogP contribution >= 0.6 is 11.8 Å². The highest BCUT2D eigenvalue weighted by Gasteiger charge is 2.09. The van der Waals surface area contributed by atoms with Gasteiger partial charge in [-0.1, -0.05) is 0 Å². The van der Waals surface area contributed by atoms with E-state index in [-0.39, 0.29) is 0 Å². The van der Waals surface area contributed by atoms with Gasteiger partial charge in [0.1, 0.15) is 0 Å². The van der Waals surface area contributed by atoms with Gasteiger partial charge in [0.2, 0.25) is 0 Å². The van der Waals surface area contributed by atoms with Crippen LogP contribution in [0.3, 0.4) is 0 Å². The molecule has 0 aliphatic rings. The highest BCUT2D eigenvalue weighted by atomic mass is 32.2. The molecular formula is C11H21N3S. The molecule has 1 aromatic rings. The summed E-state index contributed by atoms with van der Waals surface area (Å²) in [5.41, 5.74) is 3.82. The number of aryl methyl sites for hydroxylation is 2. The van der Waals surface area contributed by atoms with Crippen LogP contribution in [0, 0.1) is 13.8 Å². The summed E-state index contributed by atoms with van der Waals surface area (Å²) in [6.45, 7) is 6.20. The lowest BCUT2D eigenvalue weighted by atomic mass is 10.2. The molecule has 15 heavy (non-hydrogen) atoms. The number of hydrogen-bond acceptors (Lipinski definition) is 3. The number of aromatic nitrogens is 2. The third-order valence-electron chi connectivity index (χ3n) is 2.60. The molecule has 0 atom stereocenters. The topological polar surface area (TPSA) is 29.9 Å². The largest absolute Gasteiger partial charge is 0.316 e. The van der Waals surface area contributed by atoms with Gasteiger partial charge in [0.05, 0.1) is 5.69 Å². The second kappa shape index (κ2) is 6.18. The minimum Gasteiger partial charge on any atom is -0.316 e. The van der Waals surface area contributed by atoms with Gasteiger partial charge in [-0.2, -0.15) is 16.9 Å². The molecule has 1 heterocycles. The Kier molecular flexibility index (Phi) is 5.19. The van der Waals surface area contributed by atoms with Crippen molar-refractivity contribution in [2.75, 3.05) is 19.1 Å². The fourth-order valence-electron chi connectivity index (χ4n) is 1.74. The molecule has 0 unspecified atom stereocenters. The summed E-state index contributed by atoms with van der Waals surface area (Å²) in [6.07, 6.45) is 3.34. The van der Waals surface area contributed by atoms with E-state index in [1.807, 2.05) is 18.8 Å². The standard InChI is InChI=1S/C11H21N3S/c1-9-11(8-12-3)10(2)14(13-9)6-5-7-15-4/h12H,5-8H2,1-4H3. The second-order valence-electron chi connectivity index (χ2n) is 3.75. The van der Waals surface area contributed by atoms with E-state index >= 15 is 0 Å². The fraction of sp³-hybridized carbons (Fsp3) is 0.727. The lowest BCUT2D eigenvalue weighted by Crippen LogP contribution is -2.08. The zero-order valence-electron chi connectivity index (χ0n) is 10.1. The van der Waals surface area contributed by atoms with Gasteiger partial charge in [0.25, 0.3) is 0 Å². The van der Waals surface area contributed by atoms with Gasteiger partial charge in [0, 0.05) is 24.3 Å². The zero-order chi connectivity index (χ0) is 11.3. The lowest BCUT2D eigenvalue weighted by molar-refractivity contribution is 0.585. The molecule has 1 rings (SSSR count). The van der Waals surface area contributed by atoms with E-state index in [4.69, 9.17) is 0 Å². The number of nitrogens with one attached hydrogen (secondary N) is 1. The maximum Gasteiger partial charge on any atom is 0.0641 e. The third kappa shape index (κ3) is 3.24. The van der Waals surface area contributed by atoms with Gasteiger partial charge in [0.15, 0.2) is 0 Å². The molecule has 4 heteroatoms. The zero-order valence-corrected chi connectivity index (χ0v) is 10.9. The number of thioether (sulfide) groups is 1. The molecule has 0 aliphatic heterocycles. The van der Waals surface area contributed by atoms with E-state index in [9.17, 15) is 0 Å².